The number of anilines is 1. The lowest BCUT2D eigenvalue weighted by Crippen LogP contribution is -2.15. The van der Waals surface area contributed by atoms with Crippen LogP contribution in [0, 0.1) is 6.92 Å². The second-order valence-electron chi connectivity index (χ2n) is 4.86. The Morgan fingerprint density at radius 2 is 1.96 bits per heavy atom. The molecule has 0 unspecified atom stereocenters. The molecular weight excluding hydrogens is 353 g/mol. The number of aryl methyl sites for hydroxylation is 1. The summed E-state index contributed by atoms with van der Waals surface area (Å²) in [6.07, 6.45) is 0. The van der Waals surface area contributed by atoms with E-state index in [1.807, 2.05) is 37.3 Å². The highest BCUT2D eigenvalue weighted by atomic mass is 35.5. The highest BCUT2D eigenvalue weighted by Gasteiger charge is 2.06. The molecule has 23 heavy (non-hydrogen) atoms. The summed E-state index contributed by atoms with van der Waals surface area (Å²) < 4.78 is 5.56. The zero-order valence-electron chi connectivity index (χ0n) is 12.6. The van der Waals surface area contributed by atoms with Gasteiger partial charge in [-0.05, 0) is 36.8 Å². The zero-order valence-corrected chi connectivity index (χ0v) is 15.0. The summed E-state index contributed by atoms with van der Waals surface area (Å²) >= 11 is 13.6. The van der Waals surface area contributed by atoms with Crippen molar-refractivity contribution in [3.63, 3.8) is 0 Å². The molecule has 2 aromatic carbocycles. The molecule has 1 amide bonds. The molecule has 0 saturated carbocycles. The molecule has 0 atom stereocenters. The van der Waals surface area contributed by atoms with Crippen LogP contribution in [-0.2, 0) is 4.79 Å². The van der Waals surface area contributed by atoms with E-state index in [0.717, 1.165) is 5.56 Å². The predicted octanol–water partition coefficient (Wildman–Crippen LogP) is 5.05. The Kier molecular flexibility index (Phi) is 7.09. The molecule has 0 bridgehead atoms. The fraction of sp³-hybridized carbons (Fsp3) is 0.235. The van der Waals surface area contributed by atoms with Crippen molar-refractivity contribution >= 4 is 46.6 Å². The molecule has 0 fully saturated rings. The summed E-state index contributed by atoms with van der Waals surface area (Å²) in [5.41, 5.74) is 1.69. The fourth-order valence-corrected chi connectivity index (χ4v) is 2.92. The van der Waals surface area contributed by atoms with E-state index in [2.05, 4.69) is 5.32 Å². The quantitative estimate of drug-likeness (QED) is 0.693. The first-order valence-corrected chi connectivity index (χ1v) is 8.98. The van der Waals surface area contributed by atoms with Crippen LogP contribution in [-0.4, -0.2) is 24.0 Å². The van der Waals surface area contributed by atoms with Crippen molar-refractivity contribution < 1.29 is 9.53 Å². The van der Waals surface area contributed by atoms with E-state index in [0.29, 0.717) is 39.6 Å². The van der Waals surface area contributed by atoms with E-state index in [-0.39, 0.29) is 5.91 Å². The molecule has 0 aliphatic heterocycles. The number of ether oxygens (including phenoxy) is 1. The Hall–Kier alpha value is -1.36. The van der Waals surface area contributed by atoms with E-state index >= 15 is 0 Å². The molecule has 2 aromatic rings. The van der Waals surface area contributed by atoms with E-state index in [1.54, 1.807) is 12.1 Å². The van der Waals surface area contributed by atoms with Crippen LogP contribution in [0.25, 0.3) is 0 Å². The van der Waals surface area contributed by atoms with E-state index in [1.165, 1.54) is 11.8 Å². The van der Waals surface area contributed by atoms with Crippen molar-refractivity contribution in [2.75, 3.05) is 23.4 Å². The molecule has 0 aliphatic carbocycles. The van der Waals surface area contributed by atoms with Crippen LogP contribution >= 0.6 is 35.0 Å². The van der Waals surface area contributed by atoms with E-state index in [4.69, 9.17) is 27.9 Å². The predicted molar refractivity (Wildman–Crippen MR) is 99.1 cm³/mol. The number of carbonyl (C=O) groups excluding carboxylic acids is 1. The second kappa shape index (κ2) is 9.06. The Labute approximate surface area is 150 Å². The molecule has 2 rings (SSSR count). The van der Waals surface area contributed by atoms with Crippen molar-refractivity contribution in [1.82, 2.24) is 0 Å². The number of para-hydroxylation sites is 1. The Balaban J connectivity index is 1.68. The minimum absolute atomic E-state index is 0.0847. The van der Waals surface area contributed by atoms with Gasteiger partial charge in [-0.15, -0.1) is 11.8 Å². The molecule has 0 radical (unpaired) electrons. The third-order valence-corrected chi connectivity index (χ3v) is 4.50. The number of halogens is 2. The molecule has 0 spiro atoms. The summed E-state index contributed by atoms with van der Waals surface area (Å²) in [7, 11) is 0. The van der Waals surface area contributed by atoms with Crippen LogP contribution in [0.15, 0.2) is 42.5 Å². The van der Waals surface area contributed by atoms with Crippen molar-refractivity contribution in [2.45, 2.75) is 6.92 Å². The molecule has 0 heterocycles. The van der Waals surface area contributed by atoms with Gasteiger partial charge < -0.3 is 10.1 Å². The van der Waals surface area contributed by atoms with Crippen LogP contribution in [0.1, 0.15) is 5.56 Å². The topological polar surface area (TPSA) is 38.3 Å². The first-order valence-electron chi connectivity index (χ1n) is 7.07. The van der Waals surface area contributed by atoms with Crippen LogP contribution in [0.3, 0.4) is 0 Å². The summed E-state index contributed by atoms with van der Waals surface area (Å²) in [6.45, 7) is 2.44. The van der Waals surface area contributed by atoms with Crippen LogP contribution in [0.2, 0.25) is 10.0 Å². The van der Waals surface area contributed by atoms with Crippen molar-refractivity contribution in [1.29, 1.82) is 0 Å². The molecule has 3 nitrogen and oxygen atoms in total. The number of thioether (sulfide) groups is 1. The number of nitrogens with one attached hydrogen (secondary N) is 1. The maximum atomic E-state index is 11.9. The van der Waals surface area contributed by atoms with Gasteiger partial charge in [-0.3, -0.25) is 4.79 Å². The van der Waals surface area contributed by atoms with Gasteiger partial charge in [0.25, 0.3) is 0 Å². The summed E-state index contributed by atoms with van der Waals surface area (Å²) in [4.78, 5) is 11.9. The lowest BCUT2D eigenvalue weighted by Gasteiger charge is -2.09. The van der Waals surface area contributed by atoms with Gasteiger partial charge in [0.1, 0.15) is 5.75 Å². The highest BCUT2D eigenvalue weighted by Crippen LogP contribution is 2.24. The average molecular weight is 370 g/mol. The Morgan fingerprint density at radius 1 is 1.17 bits per heavy atom. The van der Waals surface area contributed by atoms with Gasteiger partial charge in [-0.25, -0.2) is 0 Å². The second-order valence-corrected chi connectivity index (χ2v) is 6.78. The summed E-state index contributed by atoms with van der Waals surface area (Å²) in [5.74, 6) is 1.61. The van der Waals surface area contributed by atoms with Gasteiger partial charge in [0.05, 0.1) is 28.1 Å². The minimum Gasteiger partial charge on any atom is -0.491 e. The fourth-order valence-electron chi connectivity index (χ4n) is 1.85. The number of hydrogen-bond acceptors (Lipinski definition) is 3. The van der Waals surface area contributed by atoms with Crippen molar-refractivity contribution in [2.24, 2.45) is 0 Å². The highest BCUT2D eigenvalue weighted by molar-refractivity contribution is 7.99. The maximum Gasteiger partial charge on any atom is 0.234 e. The smallest absolute Gasteiger partial charge is 0.234 e. The summed E-state index contributed by atoms with van der Waals surface area (Å²) in [6, 6.07) is 12.9. The first-order chi connectivity index (χ1) is 11.1. The van der Waals surface area contributed by atoms with Crippen LogP contribution in [0.4, 0.5) is 5.69 Å². The van der Waals surface area contributed by atoms with Gasteiger partial charge in [-0.1, -0.05) is 41.4 Å². The monoisotopic (exact) mass is 369 g/mol. The standard InChI is InChI=1S/C17H17Cl2NO2S/c1-12-6-7-15(14(19)10-12)20-17(21)11-23-9-8-22-16-5-3-2-4-13(16)18/h2-7,10H,8-9,11H2,1H3,(H,20,21). The zero-order chi connectivity index (χ0) is 16.7. The molecule has 0 aliphatic rings. The van der Waals surface area contributed by atoms with Crippen LogP contribution in [0.5, 0.6) is 5.75 Å². The van der Waals surface area contributed by atoms with Gasteiger partial charge in [0.15, 0.2) is 0 Å². The summed E-state index contributed by atoms with van der Waals surface area (Å²) in [5, 5.41) is 3.94. The minimum atomic E-state index is -0.0847. The van der Waals surface area contributed by atoms with Gasteiger partial charge >= 0.3 is 0 Å². The van der Waals surface area contributed by atoms with Crippen molar-refractivity contribution in [3.8, 4) is 5.75 Å². The molecular formula is C17H17Cl2NO2S. The number of amides is 1. The molecule has 0 saturated heterocycles. The van der Waals surface area contributed by atoms with Crippen LogP contribution < -0.4 is 10.1 Å². The van der Waals surface area contributed by atoms with E-state index in [9.17, 15) is 4.79 Å². The lowest BCUT2D eigenvalue weighted by atomic mass is 10.2. The molecule has 122 valence electrons. The van der Waals surface area contributed by atoms with Crippen molar-refractivity contribution in [3.05, 3.63) is 58.1 Å². The van der Waals surface area contributed by atoms with Gasteiger partial charge in [0.2, 0.25) is 5.91 Å². The average Bonchev–Trinajstić information content (AvgIpc) is 2.51. The Morgan fingerprint density at radius 3 is 2.70 bits per heavy atom. The first kappa shape index (κ1) is 18.0. The SMILES string of the molecule is Cc1ccc(NC(=O)CSCCOc2ccccc2Cl)c(Cl)c1. The van der Waals surface area contributed by atoms with Gasteiger partial charge in [0, 0.05) is 5.75 Å². The lowest BCUT2D eigenvalue weighted by molar-refractivity contribution is -0.113. The molecule has 6 heteroatoms. The maximum absolute atomic E-state index is 11.9. The largest absolute Gasteiger partial charge is 0.491 e. The third-order valence-electron chi connectivity index (χ3n) is 2.95. The molecule has 1 N–H and O–H groups in total. The third kappa shape index (κ3) is 5.98. The normalized spacial score (nSPS) is 10.4. The Bertz CT molecular complexity index is 679. The van der Waals surface area contributed by atoms with E-state index < -0.39 is 0 Å². The number of carbonyl (C=O) groups is 1. The molecule has 0 aromatic heterocycles. The number of hydrogen-bond donors (Lipinski definition) is 1. The number of benzene rings is 2. The van der Waals surface area contributed by atoms with Gasteiger partial charge in [-0.2, -0.15) is 0 Å². The number of rotatable bonds is 7.